The Hall–Kier alpha value is -1.20. The molecule has 0 aliphatic rings. The largest absolute Gasteiger partial charge is 0.303 e. The van der Waals surface area contributed by atoms with Crippen LogP contribution < -0.4 is 5.32 Å². The lowest BCUT2D eigenvalue weighted by molar-refractivity contribution is 0.474. The van der Waals surface area contributed by atoms with Crippen molar-refractivity contribution >= 4 is 15.9 Å². The molecule has 0 aliphatic carbocycles. The lowest BCUT2D eigenvalue weighted by Gasteiger charge is -2.20. The summed E-state index contributed by atoms with van der Waals surface area (Å²) in [4.78, 5) is 0. The Morgan fingerprint density at radius 1 is 1.33 bits per heavy atom. The van der Waals surface area contributed by atoms with Crippen molar-refractivity contribution < 1.29 is 4.39 Å². The van der Waals surface area contributed by atoms with Crippen LogP contribution in [0.4, 0.5) is 4.39 Å². The average Bonchev–Trinajstić information content (AvgIpc) is 2.85. The minimum atomic E-state index is -0.197. The van der Waals surface area contributed by atoms with Gasteiger partial charge in [-0.25, -0.2) is 4.39 Å². The highest BCUT2D eigenvalue weighted by Gasteiger charge is 2.15. The first-order valence-electron chi connectivity index (χ1n) is 5.77. The summed E-state index contributed by atoms with van der Waals surface area (Å²) in [5.74, 6) is -0.197. The average molecular weight is 312 g/mol. The third-order valence-corrected chi connectivity index (χ3v) is 3.44. The minimum absolute atomic E-state index is 0.0765. The number of benzene rings is 1. The number of aromatic nitrogens is 2. The Labute approximate surface area is 114 Å². The van der Waals surface area contributed by atoms with Gasteiger partial charge < -0.3 is 5.32 Å². The van der Waals surface area contributed by atoms with Crippen molar-refractivity contribution in [2.45, 2.75) is 25.9 Å². The van der Waals surface area contributed by atoms with Crippen LogP contribution in [0.2, 0.25) is 0 Å². The second-order valence-electron chi connectivity index (χ2n) is 4.31. The second-order valence-corrected chi connectivity index (χ2v) is 5.22. The van der Waals surface area contributed by atoms with Crippen molar-refractivity contribution in [3.63, 3.8) is 0 Å². The van der Waals surface area contributed by atoms with Crippen LogP contribution in [0.3, 0.4) is 0 Å². The Balaban J connectivity index is 2.12. The molecule has 0 fully saturated rings. The minimum Gasteiger partial charge on any atom is -0.303 e. The van der Waals surface area contributed by atoms with Crippen LogP contribution in [0.5, 0.6) is 0 Å². The van der Waals surface area contributed by atoms with E-state index in [9.17, 15) is 4.39 Å². The first kappa shape index (κ1) is 13.2. The Bertz CT molecular complexity index is 513. The van der Waals surface area contributed by atoms with Crippen LogP contribution in [0.1, 0.15) is 37.1 Å². The highest BCUT2D eigenvalue weighted by molar-refractivity contribution is 9.10. The van der Waals surface area contributed by atoms with Crippen molar-refractivity contribution in [2.75, 3.05) is 0 Å². The molecule has 2 aromatic rings. The van der Waals surface area contributed by atoms with Crippen LogP contribution in [-0.2, 0) is 0 Å². The number of nitrogens with one attached hydrogen (secondary N) is 2. The third kappa shape index (κ3) is 2.97. The third-order valence-electron chi connectivity index (χ3n) is 2.94. The van der Waals surface area contributed by atoms with Gasteiger partial charge in [-0.05, 0) is 32.0 Å². The quantitative estimate of drug-likeness (QED) is 0.903. The van der Waals surface area contributed by atoms with Gasteiger partial charge in [0.25, 0.3) is 0 Å². The van der Waals surface area contributed by atoms with Gasteiger partial charge in [-0.3, -0.25) is 5.10 Å². The van der Waals surface area contributed by atoms with Gasteiger partial charge in [-0.15, -0.1) is 0 Å². The van der Waals surface area contributed by atoms with E-state index in [1.807, 2.05) is 20.0 Å². The molecule has 2 atom stereocenters. The van der Waals surface area contributed by atoms with Crippen molar-refractivity contribution in [1.82, 2.24) is 15.5 Å². The van der Waals surface area contributed by atoms with Crippen LogP contribution >= 0.6 is 15.9 Å². The normalized spacial score (nSPS) is 14.4. The van der Waals surface area contributed by atoms with Crippen LogP contribution in [0.25, 0.3) is 0 Å². The first-order valence-corrected chi connectivity index (χ1v) is 6.57. The van der Waals surface area contributed by atoms with E-state index in [-0.39, 0.29) is 17.9 Å². The molecule has 0 spiro atoms. The van der Waals surface area contributed by atoms with Gasteiger partial charge in [0.2, 0.25) is 0 Å². The standard InChI is InChI=1S/C13H15BrFN3/c1-8(10-6-16-17-7-10)18-9(2)12-5-11(14)3-4-13(12)15/h3-9,18H,1-2H3,(H,16,17). The number of halogens is 2. The highest BCUT2D eigenvalue weighted by atomic mass is 79.9. The summed E-state index contributed by atoms with van der Waals surface area (Å²) in [6, 6.07) is 5.00. The molecule has 0 amide bonds. The molecular formula is C13H15BrFN3. The number of nitrogens with zero attached hydrogens (tertiary/aromatic N) is 1. The molecule has 2 N–H and O–H groups in total. The number of aromatic amines is 1. The van der Waals surface area contributed by atoms with Gasteiger partial charge in [0.1, 0.15) is 5.82 Å². The van der Waals surface area contributed by atoms with E-state index in [1.54, 1.807) is 18.3 Å². The fraction of sp³-hybridized carbons (Fsp3) is 0.308. The number of rotatable bonds is 4. The lowest BCUT2D eigenvalue weighted by Crippen LogP contribution is -2.23. The SMILES string of the molecule is CC(NC(C)c1cc(Br)ccc1F)c1cn[nH]c1. The molecule has 2 rings (SSSR count). The van der Waals surface area contributed by atoms with Gasteiger partial charge in [-0.1, -0.05) is 15.9 Å². The fourth-order valence-electron chi connectivity index (χ4n) is 1.91. The maximum Gasteiger partial charge on any atom is 0.128 e. The van der Waals surface area contributed by atoms with E-state index in [1.165, 1.54) is 6.07 Å². The molecule has 1 aromatic heterocycles. The van der Waals surface area contributed by atoms with Crippen molar-refractivity contribution in [1.29, 1.82) is 0 Å². The zero-order valence-electron chi connectivity index (χ0n) is 10.2. The van der Waals surface area contributed by atoms with E-state index in [0.29, 0.717) is 5.56 Å². The van der Waals surface area contributed by atoms with Gasteiger partial charge in [-0.2, -0.15) is 5.10 Å². The van der Waals surface area contributed by atoms with Crippen LogP contribution in [0, 0.1) is 5.82 Å². The summed E-state index contributed by atoms with van der Waals surface area (Å²) in [6.45, 7) is 3.97. The Kier molecular flexibility index (Phi) is 4.14. The predicted octanol–water partition coefficient (Wildman–Crippen LogP) is 3.72. The Morgan fingerprint density at radius 3 is 2.78 bits per heavy atom. The lowest BCUT2D eigenvalue weighted by atomic mass is 10.1. The topological polar surface area (TPSA) is 40.7 Å². The van der Waals surface area contributed by atoms with E-state index in [4.69, 9.17) is 0 Å². The molecule has 18 heavy (non-hydrogen) atoms. The smallest absolute Gasteiger partial charge is 0.128 e. The maximum absolute atomic E-state index is 13.7. The molecule has 0 radical (unpaired) electrons. The summed E-state index contributed by atoms with van der Waals surface area (Å²) in [6.07, 6.45) is 3.60. The van der Waals surface area contributed by atoms with E-state index < -0.39 is 0 Å². The second kappa shape index (κ2) is 5.63. The summed E-state index contributed by atoms with van der Waals surface area (Å²) in [5, 5.41) is 10.0. The monoisotopic (exact) mass is 311 g/mol. The fourth-order valence-corrected chi connectivity index (χ4v) is 2.28. The zero-order valence-corrected chi connectivity index (χ0v) is 11.8. The molecule has 2 unspecified atom stereocenters. The molecule has 0 saturated carbocycles. The van der Waals surface area contributed by atoms with Crippen molar-refractivity contribution in [3.05, 3.63) is 52.0 Å². The summed E-state index contributed by atoms with van der Waals surface area (Å²) < 4.78 is 14.6. The van der Waals surface area contributed by atoms with Gasteiger partial charge in [0, 0.05) is 33.9 Å². The summed E-state index contributed by atoms with van der Waals surface area (Å²) in [7, 11) is 0. The molecule has 0 aliphatic heterocycles. The Morgan fingerprint density at radius 2 is 2.11 bits per heavy atom. The van der Waals surface area contributed by atoms with E-state index >= 15 is 0 Å². The first-order chi connectivity index (χ1) is 8.58. The zero-order chi connectivity index (χ0) is 13.1. The molecule has 1 aromatic carbocycles. The number of hydrogen-bond acceptors (Lipinski definition) is 2. The summed E-state index contributed by atoms with van der Waals surface area (Å²) >= 11 is 3.36. The molecule has 0 saturated heterocycles. The molecule has 5 heteroatoms. The molecule has 96 valence electrons. The molecule has 3 nitrogen and oxygen atoms in total. The van der Waals surface area contributed by atoms with Gasteiger partial charge in [0.05, 0.1) is 6.20 Å². The number of H-pyrrole nitrogens is 1. The van der Waals surface area contributed by atoms with Crippen molar-refractivity contribution in [2.24, 2.45) is 0 Å². The molecule has 1 heterocycles. The van der Waals surface area contributed by atoms with Crippen LogP contribution in [-0.4, -0.2) is 10.2 Å². The van der Waals surface area contributed by atoms with E-state index in [2.05, 4.69) is 31.4 Å². The van der Waals surface area contributed by atoms with E-state index in [0.717, 1.165) is 10.0 Å². The van der Waals surface area contributed by atoms with Gasteiger partial charge >= 0.3 is 0 Å². The van der Waals surface area contributed by atoms with Crippen LogP contribution in [0.15, 0.2) is 35.1 Å². The molecular weight excluding hydrogens is 297 g/mol. The maximum atomic E-state index is 13.7. The highest BCUT2D eigenvalue weighted by Crippen LogP contribution is 2.24. The predicted molar refractivity (Wildman–Crippen MR) is 72.7 cm³/mol. The summed E-state index contributed by atoms with van der Waals surface area (Å²) in [5.41, 5.74) is 1.71. The molecule has 0 bridgehead atoms. The number of hydrogen-bond donors (Lipinski definition) is 2. The van der Waals surface area contributed by atoms with Gasteiger partial charge in [0.15, 0.2) is 0 Å². The van der Waals surface area contributed by atoms with Crippen molar-refractivity contribution in [3.8, 4) is 0 Å².